The molecule has 1 fully saturated rings. The lowest BCUT2D eigenvalue weighted by molar-refractivity contribution is 0.195. The molecule has 0 saturated heterocycles. The van der Waals surface area contributed by atoms with Gasteiger partial charge in [-0.25, -0.2) is 0 Å². The van der Waals surface area contributed by atoms with Crippen molar-refractivity contribution < 1.29 is 0 Å². The van der Waals surface area contributed by atoms with Crippen LogP contribution >= 0.6 is 0 Å². The van der Waals surface area contributed by atoms with E-state index in [0.717, 1.165) is 29.9 Å². The smallest absolute Gasteiger partial charge is 0.252 e. The quantitative estimate of drug-likeness (QED) is 0.141. The number of nitrogens with zero attached hydrogens (tertiary/aromatic N) is 4. The van der Waals surface area contributed by atoms with Gasteiger partial charge in [0.15, 0.2) is 0 Å². The molecule has 398 valence electrons. The van der Waals surface area contributed by atoms with Crippen molar-refractivity contribution in [2.24, 2.45) is 0 Å². The first-order valence-corrected chi connectivity index (χ1v) is 29.4. The second kappa shape index (κ2) is 19.1. The summed E-state index contributed by atoms with van der Waals surface area (Å²) in [5.41, 5.74) is 25.6. The minimum Gasteiger partial charge on any atom is -0.334 e. The van der Waals surface area contributed by atoms with Gasteiger partial charge in [0.25, 0.3) is 6.71 Å². The van der Waals surface area contributed by atoms with E-state index in [1.54, 1.807) is 0 Å². The van der Waals surface area contributed by atoms with Gasteiger partial charge in [0.05, 0.1) is 5.54 Å². The summed E-state index contributed by atoms with van der Waals surface area (Å²) in [6, 6.07) is 89.5. The SMILES string of the molecule is CC(C)(C)c1cccc(N2c3cc(C(C)(C)C)ccc3B3c4cc(-c5ccccc5)ccc4N(c4ccc(-c5ccccc5)cc4)c4cc(N5c6ccc(N(c7ccccc7)c7ccccc7)cc6C6(C)CCCCC56C)cc2c43)c1. The van der Waals surface area contributed by atoms with Crippen LogP contribution in [0, 0.1) is 0 Å². The van der Waals surface area contributed by atoms with Crippen LogP contribution < -0.4 is 36.0 Å². The van der Waals surface area contributed by atoms with Gasteiger partial charge in [0, 0.05) is 68.0 Å². The molecule has 2 unspecified atom stereocenters. The predicted octanol–water partition coefficient (Wildman–Crippen LogP) is 18.9. The van der Waals surface area contributed by atoms with E-state index in [4.69, 9.17) is 0 Å². The highest BCUT2D eigenvalue weighted by molar-refractivity contribution is 7.00. The molecule has 14 rings (SSSR count). The van der Waals surface area contributed by atoms with Crippen LogP contribution in [0.4, 0.5) is 62.6 Å². The maximum atomic E-state index is 2.81. The molecule has 0 radical (unpaired) electrons. The first kappa shape index (κ1) is 50.7. The normalized spacial score (nSPS) is 17.9. The molecular formula is C76H71BN4. The van der Waals surface area contributed by atoms with E-state index in [1.165, 1.54) is 114 Å². The Hall–Kier alpha value is -8.54. The zero-order valence-corrected chi connectivity index (χ0v) is 48.2. The van der Waals surface area contributed by atoms with Gasteiger partial charge in [-0.3, -0.25) is 0 Å². The van der Waals surface area contributed by atoms with Crippen molar-refractivity contribution in [2.75, 3.05) is 19.6 Å². The second-order valence-corrected chi connectivity index (χ2v) is 25.7. The van der Waals surface area contributed by atoms with Gasteiger partial charge in [-0.05, 0) is 177 Å². The monoisotopic (exact) mass is 1050 g/mol. The summed E-state index contributed by atoms with van der Waals surface area (Å²) >= 11 is 0. The van der Waals surface area contributed by atoms with Gasteiger partial charge in [0.2, 0.25) is 0 Å². The third-order valence-corrected chi connectivity index (χ3v) is 18.9. The van der Waals surface area contributed by atoms with Gasteiger partial charge in [0.1, 0.15) is 0 Å². The molecule has 1 aliphatic carbocycles. The summed E-state index contributed by atoms with van der Waals surface area (Å²) in [5.74, 6) is 0. The highest BCUT2D eigenvalue weighted by atomic mass is 15.3. The Morgan fingerprint density at radius 3 is 1.56 bits per heavy atom. The first-order chi connectivity index (χ1) is 39.2. The molecule has 3 aliphatic heterocycles. The van der Waals surface area contributed by atoms with Gasteiger partial charge >= 0.3 is 0 Å². The molecule has 2 atom stereocenters. The molecule has 81 heavy (non-hydrogen) atoms. The summed E-state index contributed by atoms with van der Waals surface area (Å²) < 4.78 is 0. The Bertz CT molecular complexity index is 3970. The van der Waals surface area contributed by atoms with Crippen molar-refractivity contribution in [3.63, 3.8) is 0 Å². The standard InChI is InChI=1S/C76H71BN4/c1-73(2,3)56-28-23-33-61(47-56)80-69-48-57(74(4,5)6)37-41-65(69)77-66-46-55(53-26-15-10-16-27-53)36-42-68(66)79(60-38-34-54(35-39-60)52-24-13-9-14-25-52)70-50-63(51-71(80)72(70)77)81-67-43-40-62(49-64(67)75(7)44-21-22-45-76(75,81)8)78(58-29-17-11-18-30-58)59-31-19-12-20-32-59/h9-20,23-43,46-51H,21-22,44-45H2,1-8H3. The van der Waals surface area contributed by atoms with Gasteiger partial charge < -0.3 is 19.6 Å². The minimum atomic E-state index is -0.237. The summed E-state index contributed by atoms with van der Waals surface area (Å²) in [5, 5.41) is 0. The summed E-state index contributed by atoms with van der Waals surface area (Å²) in [4.78, 5) is 10.5. The molecule has 0 aromatic heterocycles. The topological polar surface area (TPSA) is 13.0 Å². The van der Waals surface area contributed by atoms with E-state index in [0.29, 0.717) is 0 Å². The van der Waals surface area contributed by atoms with Crippen LogP contribution in [-0.2, 0) is 16.2 Å². The third-order valence-electron chi connectivity index (χ3n) is 18.9. The second-order valence-electron chi connectivity index (χ2n) is 25.7. The fourth-order valence-electron chi connectivity index (χ4n) is 14.4. The maximum Gasteiger partial charge on any atom is 0.252 e. The van der Waals surface area contributed by atoms with Crippen LogP contribution in [-0.4, -0.2) is 12.3 Å². The number of para-hydroxylation sites is 2. The van der Waals surface area contributed by atoms with Crippen molar-refractivity contribution in [2.45, 2.75) is 103 Å². The van der Waals surface area contributed by atoms with E-state index >= 15 is 0 Å². The molecule has 3 heterocycles. The maximum absolute atomic E-state index is 2.81. The zero-order chi connectivity index (χ0) is 55.4. The summed E-state index contributed by atoms with van der Waals surface area (Å²) in [6.45, 7) is 19.2. The lowest BCUT2D eigenvalue weighted by atomic mass is 9.33. The van der Waals surface area contributed by atoms with E-state index in [1.807, 2.05) is 0 Å². The Kier molecular flexibility index (Phi) is 11.9. The van der Waals surface area contributed by atoms with Crippen molar-refractivity contribution in [3.05, 3.63) is 253 Å². The molecule has 4 nitrogen and oxygen atoms in total. The first-order valence-electron chi connectivity index (χ1n) is 29.4. The Morgan fingerprint density at radius 1 is 0.383 bits per heavy atom. The number of hydrogen-bond donors (Lipinski definition) is 0. The van der Waals surface area contributed by atoms with E-state index < -0.39 is 0 Å². The molecule has 10 aromatic rings. The largest absolute Gasteiger partial charge is 0.334 e. The van der Waals surface area contributed by atoms with Gasteiger partial charge in [-0.15, -0.1) is 0 Å². The van der Waals surface area contributed by atoms with Gasteiger partial charge in [-0.1, -0.05) is 207 Å². The van der Waals surface area contributed by atoms with Crippen LogP contribution in [0.3, 0.4) is 0 Å². The lowest BCUT2D eigenvalue weighted by Crippen LogP contribution is -2.61. The number of fused-ring (bicyclic) bond motifs is 7. The highest BCUT2D eigenvalue weighted by Gasteiger charge is 2.58. The number of benzene rings is 10. The average molecular weight is 1050 g/mol. The van der Waals surface area contributed by atoms with Crippen molar-refractivity contribution in [3.8, 4) is 22.3 Å². The summed E-state index contributed by atoms with van der Waals surface area (Å²) in [7, 11) is 0. The molecule has 4 aliphatic rings. The van der Waals surface area contributed by atoms with Crippen LogP contribution in [0.2, 0.25) is 0 Å². The van der Waals surface area contributed by atoms with Crippen LogP contribution in [0.15, 0.2) is 237 Å². The van der Waals surface area contributed by atoms with E-state index in [2.05, 4.69) is 312 Å². The number of anilines is 11. The number of rotatable bonds is 8. The average Bonchev–Trinajstić information content (AvgIpc) is 3.24. The summed E-state index contributed by atoms with van der Waals surface area (Å²) in [6.07, 6.45) is 4.56. The van der Waals surface area contributed by atoms with Crippen molar-refractivity contribution >= 4 is 85.7 Å². The molecule has 1 saturated carbocycles. The van der Waals surface area contributed by atoms with Gasteiger partial charge in [-0.2, -0.15) is 0 Å². The zero-order valence-electron chi connectivity index (χ0n) is 48.2. The molecule has 5 heteroatoms. The third kappa shape index (κ3) is 8.25. The fourth-order valence-corrected chi connectivity index (χ4v) is 14.4. The van der Waals surface area contributed by atoms with E-state index in [9.17, 15) is 0 Å². The Labute approximate surface area is 481 Å². The van der Waals surface area contributed by atoms with E-state index in [-0.39, 0.29) is 28.5 Å². The molecule has 10 aromatic carbocycles. The Morgan fingerprint density at radius 2 is 0.926 bits per heavy atom. The molecular weight excluding hydrogens is 980 g/mol. The minimum absolute atomic E-state index is 0.0560. The van der Waals surface area contributed by atoms with Crippen LogP contribution in [0.25, 0.3) is 22.3 Å². The molecule has 0 amide bonds. The fraction of sp³-hybridized carbons (Fsp3) is 0.211. The molecule has 0 N–H and O–H groups in total. The Balaban J connectivity index is 1.07. The number of hydrogen-bond acceptors (Lipinski definition) is 4. The molecule has 0 spiro atoms. The lowest BCUT2D eigenvalue weighted by Gasteiger charge is -2.51. The van der Waals surface area contributed by atoms with Crippen molar-refractivity contribution in [1.29, 1.82) is 0 Å². The molecule has 0 bridgehead atoms. The van der Waals surface area contributed by atoms with Crippen LogP contribution in [0.5, 0.6) is 0 Å². The highest BCUT2D eigenvalue weighted by Crippen LogP contribution is 2.63. The predicted molar refractivity (Wildman–Crippen MR) is 346 cm³/mol. The van der Waals surface area contributed by atoms with Crippen molar-refractivity contribution in [1.82, 2.24) is 0 Å². The van der Waals surface area contributed by atoms with Crippen LogP contribution in [0.1, 0.15) is 97.8 Å².